The molecule has 2 aromatic rings. The van der Waals surface area contributed by atoms with Crippen molar-refractivity contribution in [2.24, 2.45) is 0 Å². The third-order valence-electron chi connectivity index (χ3n) is 2.84. The topological polar surface area (TPSA) is 65.7 Å². The number of hydrogen-bond donors (Lipinski definition) is 0. The monoisotopic (exact) mass is 276 g/mol. The van der Waals surface area contributed by atoms with Gasteiger partial charge in [-0.3, -0.25) is 0 Å². The van der Waals surface area contributed by atoms with E-state index in [1.807, 2.05) is 13.0 Å². The zero-order valence-electron chi connectivity index (χ0n) is 11.5. The number of rotatable bonds is 5. The lowest BCUT2D eigenvalue weighted by Gasteiger charge is -2.07. The standard InChI is InChI=1S/C15H16O5/c1-3-10-7-14(16)20-13-8-11(5-6-12(10)13)19-9-15(17)18-4-2/h5-8H,3-4,9H2,1-2H3. The van der Waals surface area contributed by atoms with E-state index in [1.165, 1.54) is 6.07 Å². The first kappa shape index (κ1) is 14.1. The minimum Gasteiger partial charge on any atom is -0.482 e. The van der Waals surface area contributed by atoms with E-state index in [0.29, 0.717) is 17.9 Å². The highest BCUT2D eigenvalue weighted by molar-refractivity contribution is 5.81. The Balaban J connectivity index is 2.25. The lowest BCUT2D eigenvalue weighted by molar-refractivity contribution is -0.145. The van der Waals surface area contributed by atoms with Gasteiger partial charge in [0, 0.05) is 17.5 Å². The van der Waals surface area contributed by atoms with Gasteiger partial charge >= 0.3 is 11.6 Å². The van der Waals surface area contributed by atoms with E-state index in [0.717, 1.165) is 17.4 Å². The molecule has 0 aliphatic carbocycles. The van der Waals surface area contributed by atoms with E-state index < -0.39 is 11.6 Å². The molecule has 1 heterocycles. The number of carbonyl (C=O) groups excluding carboxylic acids is 1. The highest BCUT2D eigenvalue weighted by atomic mass is 16.6. The Hall–Kier alpha value is -2.30. The van der Waals surface area contributed by atoms with Crippen molar-refractivity contribution in [3.8, 4) is 5.75 Å². The maximum absolute atomic E-state index is 11.4. The molecule has 0 spiro atoms. The lowest BCUT2D eigenvalue weighted by atomic mass is 10.1. The minimum atomic E-state index is -0.434. The summed E-state index contributed by atoms with van der Waals surface area (Å²) in [6.45, 7) is 3.85. The number of hydrogen-bond acceptors (Lipinski definition) is 5. The van der Waals surface area contributed by atoms with Crippen LogP contribution in [-0.4, -0.2) is 19.2 Å². The highest BCUT2D eigenvalue weighted by Gasteiger charge is 2.07. The van der Waals surface area contributed by atoms with Crippen LogP contribution in [-0.2, 0) is 16.0 Å². The number of carbonyl (C=O) groups is 1. The third-order valence-corrected chi connectivity index (χ3v) is 2.84. The van der Waals surface area contributed by atoms with Gasteiger partial charge in [-0.1, -0.05) is 6.92 Å². The first-order chi connectivity index (χ1) is 9.63. The molecule has 1 aromatic heterocycles. The van der Waals surface area contributed by atoms with Gasteiger partial charge in [0.2, 0.25) is 0 Å². The van der Waals surface area contributed by atoms with Gasteiger partial charge in [-0.15, -0.1) is 0 Å². The Morgan fingerprint density at radius 3 is 2.75 bits per heavy atom. The van der Waals surface area contributed by atoms with Crippen molar-refractivity contribution < 1.29 is 18.7 Å². The molecule has 5 nitrogen and oxygen atoms in total. The van der Waals surface area contributed by atoms with Crippen molar-refractivity contribution in [3.63, 3.8) is 0 Å². The molecule has 0 radical (unpaired) electrons. The Kier molecular flexibility index (Phi) is 4.40. The molecule has 0 aliphatic heterocycles. The molecular formula is C15H16O5. The van der Waals surface area contributed by atoms with Crippen molar-refractivity contribution in [3.05, 3.63) is 40.2 Å². The Labute approximate surface area is 116 Å². The third kappa shape index (κ3) is 3.17. The van der Waals surface area contributed by atoms with Gasteiger partial charge in [-0.05, 0) is 31.0 Å². The normalized spacial score (nSPS) is 10.5. The van der Waals surface area contributed by atoms with Crippen LogP contribution in [0.4, 0.5) is 0 Å². The SMILES string of the molecule is CCOC(=O)COc1ccc2c(CC)cc(=O)oc2c1. The summed E-state index contributed by atoms with van der Waals surface area (Å²) in [6.07, 6.45) is 0.741. The smallest absolute Gasteiger partial charge is 0.344 e. The fourth-order valence-corrected chi connectivity index (χ4v) is 1.94. The fourth-order valence-electron chi connectivity index (χ4n) is 1.94. The van der Waals surface area contributed by atoms with E-state index >= 15 is 0 Å². The van der Waals surface area contributed by atoms with E-state index in [9.17, 15) is 9.59 Å². The molecule has 0 amide bonds. The minimum absolute atomic E-state index is 0.170. The largest absolute Gasteiger partial charge is 0.482 e. The second-order valence-corrected chi connectivity index (χ2v) is 4.20. The molecule has 0 aliphatic rings. The van der Waals surface area contributed by atoms with Crippen molar-refractivity contribution >= 4 is 16.9 Å². The van der Waals surface area contributed by atoms with E-state index in [-0.39, 0.29) is 6.61 Å². The molecule has 0 saturated carbocycles. The van der Waals surface area contributed by atoms with Crippen molar-refractivity contribution in [1.29, 1.82) is 0 Å². The van der Waals surface area contributed by atoms with E-state index in [4.69, 9.17) is 13.9 Å². The fraction of sp³-hybridized carbons (Fsp3) is 0.333. The summed E-state index contributed by atoms with van der Waals surface area (Å²) in [5, 5.41) is 0.871. The Bertz CT molecular complexity index is 672. The van der Waals surface area contributed by atoms with Crippen LogP contribution < -0.4 is 10.4 Å². The molecule has 0 saturated heterocycles. The molecule has 2 rings (SSSR count). The van der Waals surface area contributed by atoms with Gasteiger partial charge in [0.25, 0.3) is 0 Å². The molecule has 20 heavy (non-hydrogen) atoms. The van der Waals surface area contributed by atoms with Gasteiger partial charge in [0.15, 0.2) is 6.61 Å². The first-order valence-corrected chi connectivity index (χ1v) is 6.49. The summed E-state index contributed by atoms with van der Waals surface area (Å²) >= 11 is 0. The zero-order chi connectivity index (χ0) is 14.5. The number of aryl methyl sites for hydroxylation is 1. The van der Waals surface area contributed by atoms with Crippen LogP contribution in [0.1, 0.15) is 19.4 Å². The number of ether oxygens (including phenoxy) is 2. The predicted octanol–water partition coefficient (Wildman–Crippen LogP) is 2.30. The van der Waals surface area contributed by atoms with Crippen molar-refractivity contribution in [2.75, 3.05) is 13.2 Å². The van der Waals surface area contributed by atoms with Crippen molar-refractivity contribution in [2.45, 2.75) is 20.3 Å². The molecule has 0 atom stereocenters. The molecule has 1 aromatic carbocycles. The first-order valence-electron chi connectivity index (χ1n) is 6.49. The van der Waals surface area contributed by atoms with Crippen LogP contribution in [0.25, 0.3) is 11.0 Å². The van der Waals surface area contributed by atoms with Gasteiger partial charge in [0.05, 0.1) is 6.61 Å². The van der Waals surface area contributed by atoms with Gasteiger partial charge in [-0.2, -0.15) is 0 Å². The molecule has 0 unspecified atom stereocenters. The second kappa shape index (κ2) is 6.23. The summed E-state index contributed by atoms with van der Waals surface area (Å²) in [4.78, 5) is 22.7. The average molecular weight is 276 g/mol. The molecule has 0 bridgehead atoms. The van der Waals surface area contributed by atoms with Crippen LogP contribution in [0.3, 0.4) is 0 Å². The zero-order valence-corrected chi connectivity index (χ0v) is 11.5. The van der Waals surface area contributed by atoms with E-state index in [2.05, 4.69) is 0 Å². The van der Waals surface area contributed by atoms with Crippen LogP contribution in [0, 0.1) is 0 Å². The van der Waals surface area contributed by atoms with Gasteiger partial charge in [-0.25, -0.2) is 9.59 Å². The van der Waals surface area contributed by atoms with Crippen molar-refractivity contribution in [1.82, 2.24) is 0 Å². The summed E-state index contributed by atoms with van der Waals surface area (Å²) in [5.74, 6) is 0.0262. The molecule has 106 valence electrons. The summed E-state index contributed by atoms with van der Waals surface area (Å²) in [5.41, 5.74) is 0.987. The number of esters is 1. The maximum Gasteiger partial charge on any atom is 0.344 e. The molecule has 0 fully saturated rings. The summed E-state index contributed by atoms with van der Waals surface area (Å²) < 4.78 is 15.2. The lowest BCUT2D eigenvalue weighted by Crippen LogP contribution is -2.14. The maximum atomic E-state index is 11.4. The average Bonchev–Trinajstić information content (AvgIpc) is 2.44. The highest BCUT2D eigenvalue weighted by Crippen LogP contribution is 2.22. The predicted molar refractivity (Wildman–Crippen MR) is 74.0 cm³/mol. The Morgan fingerprint density at radius 2 is 2.05 bits per heavy atom. The quantitative estimate of drug-likeness (QED) is 0.619. The summed E-state index contributed by atoms with van der Waals surface area (Å²) in [7, 11) is 0. The van der Waals surface area contributed by atoms with E-state index in [1.54, 1.807) is 19.1 Å². The second-order valence-electron chi connectivity index (χ2n) is 4.20. The number of fused-ring (bicyclic) bond motifs is 1. The molecule has 0 N–H and O–H groups in total. The van der Waals surface area contributed by atoms with Crippen LogP contribution in [0.15, 0.2) is 33.5 Å². The van der Waals surface area contributed by atoms with Gasteiger partial charge in [0.1, 0.15) is 11.3 Å². The number of benzene rings is 1. The Morgan fingerprint density at radius 1 is 1.25 bits per heavy atom. The van der Waals surface area contributed by atoms with Crippen LogP contribution >= 0.6 is 0 Å². The van der Waals surface area contributed by atoms with Crippen LogP contribution in [0.2, 0.25) is 0 Å². The molecular weight excluding hydrogens is 260 g/mol. The van der Waals surface area contributed by atoms with Gasteiger partial charge < -0.3 is 13.9 Å². The summed E-state index contributed by atoms with van der Waals surface area (Å²) in [6, 6.07) is 6.65. The molecule has 5 heteroatoms. The van der Waals surface area contributed by atoms with Crippen LogP contribution in [0.5, 0.6) is 5.75 Å².